The minimum absolute atomic E-state index is 0.398. The fourth-order valence-electron chi connectivity index (χ4n) is 1.05. The highest BCUT2D eigenvalue weighted by atomic mass is 16.4. The van der Waals surface area contributed by atoms with E-state index in [4.69, 9.17) is 4.42 Å². The van der Waals surface area contributed by atoms with Crippen LogP contribution in [0.2, 0.25) is 0 Å². The van der Waals surface area contributed by atoms with Gasteiger partial charge in [-0.1, -0.05) is 11.5 Å². The molecule has 11 heavy (non-hydrogen) atoms. The SMILES string of the molecule is Bc1ccc2[nH]c(=O)oc2c1. The van der Waals surface area contributed by atoms with E-state index in [1.807, 2.05) is 26.0 Å². The van der Waals surface area contributed by atoms with E-state index in [2.05, 4.69) is 4.98 Å². The molecule has 0 saturated heterocycles. The van der Waals surface area contributed by atoms with Crippen LogP contribution in [0.15, 0.2) is 27.4 Å². The molecule has 0 bridgehead atoms. The van der Waals surface area contributed by atoms with Crippen molar-refractivity contribution in [2.45, 2.75) is 0 Å². The van der Waals surface area contributed by atoms with Gasteiger partial charge in [-0.15, -0.1) is 0 Å². The summed E-state index contributed by atoms with van der Waals surface area (Å²) in [6, 6.07) is 5.58. The molecular formula is C7H6BNO2. The maximum absolute atomic E-state index is 10.7. The first-order valence-corrected chi connectivity index (χ1v) is 3.35. The molecule has 0 amide bonds. The fourth-order valence-corrected chi connectivity index (χ4v) is 1.05. The first kappa shape index (κ1) is 6.28. The molecule has 1 aromatic heterocycles. The predicted molar refractivity (Wildman–Crippen MR) is 45.0 cm³/mol. The summed E-state index contributed by atoms with van der Waals surface area (Å²) in [5.41, 5.74) is 2.45. The Labute approximate surface area is 63.4 Å². The van der Waals surface area contributed by atoms with E-state index in [0.29, 0.717) is 5.58 Å². The van der Waals surface area contributed by atoms with Gasteiger partial charge in [-0.2, -0.15) is 0 Å². The lowest BCUT2D eigenvalue weighted by Gasteiger charge is -1.87. The van der Waals surface area contributed by atoms with Gasteiger partial charge in [0.1, 0.15) is 7.85 Å². The molecule has 1 heterocycles. The van der Waals surface area contributed by atoms with Crippen molar-refractivity contribution in [1.29, 1.82) is 0 Å². The normalized spacial score (nSPS) is 10.5. The molecule has 0 unspecified atom stereocenters. The standard InChI is InChI=1S/C7H6BNO2/c8-4-1-2-5-6(3-4)11-7(10)9-5/h1-3H,8H2,(H,9,10). The number of oxazole rings is 1. The van der Waals surface area contributed by atoms with Crippen LogP contribution in [-0.2, 0) is 0 Å². The Kier molecular flexibility index (Phi) is 1.15. The molecule has 0 spiro atoms. The van der Waals surface area contributed by atoms with Crippen molar-refractivity contribution in [3.8, 4) is 0 Å². The molecule has 0 fully saturated rings. The van der Waals surface area contributed by atoms with E-state index in [0.717, 1.165) is 11.0 Å². The molecule has 1 N–H and O–H groups in total. The third kappa shape index (κ3) is 0.961. The number of rotatable bonds is 0. The van der Waals surface area contributed by atoms with Crippen LogP contribution >= 0.6 is 0 Å². The summed E-state index contributed by atoms with van der Waals surface area (Å²) in [5.74, 6) is -0.398. The number of hydrogen-bond acceptors (Lipinski definition) is 2. The second-order valence-electron chi connectivity index (χ2n) is 2.51. The Hall–Kier alpha value is -1.45. The van der Waals surface area contributed by atoms with Gasteiger partial charge in [0.2, 0.25) is 0 Å². The van der Waals surface area contributed by atoms with Crippen molar-refractivity contribution in [3.63, 3.8) is 0 Å². The highest BCUT2D eigenvalue weighted by molar-refractivity contribution is 6.32. The molecule has 54 valence electrons. The van der Waals surface area contributed by atoms with Crippen molar-refractivity contribution in [2.75, 3.05) is 0 Å². The van der Waals surface area contributed by atoms with Crippen LogP contribution in [0, 0.1) is 0 Å². The van der Waals surface area contributed by atoms with Gasteiger partial charge in [0.15, 0.2) is 5.58 Å². The maximum atomic E-state index is 10.7. The van der Waals surface area contributed by atoms with E-state index < -0.39 is 5.76 Å². The largest absolute Gasteiger partial charge is 0.417 e. The Balaban J connectivity index is 2.92. The molecule has 0 aliphatic rings. The van der Waals surface area contributed by atoms with Gasteiger partial charge in [-0.05, 0) is 12.1 Å². The smallest absolute Gasteiger partial charge is 0.408 e. The summed E-state index contributed by atoms with van der Waals surface area (Å²) < 4.78 is 4.84. The molecular weight excluding hydrogens is 141 g/mol. The monoisotopic (exact) mass is 147 g/mol. The van der Waals surface area contributed by atoms with E-state index in [-0.39, 0.29) is 0 Å². The van der Waals surface area contributed by atoms with Crippen molar-refractivity contribution >= 4 is 24.4 Å². The number of hydrogen-bond donors (Lipinski definition) is 1. The van der Waals surface area contributed by atoms with Gasteiger partial charge < -0.3 is 4.42 Å². The Morgan fingerprint density at radius 1 is 1.45 bits per heavy atom. The number of H-pyrrole nitrogens is 1. The number of fused-ring (bicyclic) bond motifs is 1. The Morgan fingerprint density at radius 2 is 2.27 bits per heavy atom. The summed E-state index contributed by atoms with van der Waals surface area (Å²) in [7, 11) is 1.95. The molecule has 2 rings (SSSR count). The minimum atomic E-state index is -0.398. The predicted octanol–water partition coefficient (Wildman–Crippen LogP) is -0.621. The molecule has 0 radical (unpaired) electrons. The Morgan fingerprint density at radius 3 is 3.09 bits per heavy atom. The van der Waals surface area contributed by atoms with Crippen molar-refractivity contribution in [2.24, 2.45) is 0 Å². The average Bonchev–Trinajstić information content (AvgIpc) is 2.27. The molecule has 3 nitrogen and oxygen atoms in total. The lowest BCUT2D eigenvalue weighted by molar-refractivity contribution is 0.555. The number of benzene rings is 1. The highest BCUT2D eigenvalue weighted by Crippen LogP contribution is 2.04. The topological polar surface area (TPSA) is 46.0 Å². The highest BCUT2D eigenvalue weighted by Gasteiger charge is 1.98. The summed E-state index contributed by atoms with van der Waals surface area (Å²) >= 11 is 0. The van der Waals surface area contributed by atoms with Crippen LogP contribution in [-0.4, -0.2) is 12.8 Å². The van der Waals surface area contributed by atoms with E-state index >= 15 is 0 Å². The first-order valence-electron chi connectivity index (χ1n) is 3.35. The first-order chi connectivity index (χ1) is 5.25. The van der Waals surface area contributed by atoms with Crippen LogP contribution in [0.5, 0.6) is 0 Å². The Bertz CT molecular complexity index is 443. The van der Waals surface area contributed by atoms with Crippen molar-refractivity contribution in [3.05, 3.63) is 28.7 Å². The van der Waals surface area contributed by atoms with Crippen LogP contribution < -0.4 is 11.2 Å². The van der Waals surface area contributed by atoms with E-state index in [9.17, 15) is 4.79 Å². The molecule has 0 aliphatic heterocycles. The second-order valence-corrected chi connectivity index (χ2v) is 2.51. The lowest BCUT2D eigenvalue weighted by Crippen LogP contribution is -1.98. The molecule has 0 atom stereocenters. The summed E-state index contributed by atoms with van der Waals surface area (Å²) in [6.07, 6.45) is 0. The van der Waals surface area contributed by atoms with Crippen LogP contribution in [0.4, 0.5) is 0 Å². The summed E-state index contributed by atoms with van der Waals surface area (Å²) in [5, 5.41) is 0. The van der Waals surface area contributed by atoms with Gasteiger partial charge in [0.25, 0.3) is 0 Å². The molecule has 4 heteroatoms. The van der Waals surface area contributed by atoms with Gasteiger partial charge in [0.05, 0.1) is 5.52 Å². The minimum Gasteiger partial charge on any atom is -0.408 e. The van der Waals surface area contributed by atoms with Gasteiger partial charge in [-0.3, -0.25) is 4.98 Å². The number of aromatic nitrogens is 1. The number of nitrogens with one attached hydrogen (secondary N) is 1. The zero-order valence-electron chi connectivity index (χ0n) is 6.05. The van der Waals surface area contributed by atoms with Crippen LogP contribution in [0.3, 0.4) is 0 Å². The van der Waals surface area contributed by atoms with E-state index in [1.165, 1.54) is 0 Å². The zero-order chi connectivity index (χ0) is 7.84. The fraction of sp³-hybridized carbons (Fsp3) is 0. The lowest BCUT2D eigenvalue weighted by atomic mass is 9.96. The van der Waals surface area contributed by atoms with Gasteiger partial charge in [0, 0.05) is 0 Å². The third-order valence-electron chi connectivity index (χ3n) is 1.58. The van der Waals surface area contributed by atoms with Crippen LogP contribution in [0.25, 0.3) is 11.1 Å². The second kappa shape index (κ2) is 2.02. The zero-order valence-corrected chi connectivity index (χ0v) is 6.05. The van der Waals surface area contributed by atoms with Gasteiger partial charge in [-0.25, -0.2) is 4.79 Å². The molecule has 0 saturated carbocycles. The quantitative estimate of drug-likeness (QED) is 0.504. The maximum Gasteiger partial charge on any atom is 0.417 e. The summed E-state index contributed by atoms with van der Waals surface area (Å²) in [6.45, 7) is 0. The molecule has 0 aliphatic carbocycles. The average molecular weight is 147 g/mol. The van der Waals surface area contributed by atoms with Crippen molar-refractivity contribution < 1.29 is 4.42 Å². The third-order valence-corrected chi connectivity index (χ3v) is 1.58. The van der Waals surface area contributed by atoms with Gasteiger partial charge >= 0.3 is 5.76 Å². The molecule has 1 aromatic carbocycles. The molecule has 2 aromatic rings. The van der Waals surface area contributed by atoms with Crippen molar-refractivity contribution in [1.82, 2.24) is 4.98 Å². The summed E-state index contributed by atoms with van der Waals surface area (Å²) in [4.78, 5) is 13.2. The number of aromatic amines is 1. The van der Waals surface area contributed by atoms with E-state index in [1.54, 1.807) is 0 Å². The van der Waals surface area contributed by atoms with Crippen LogP contribution in [0.1, 0.15) is 0 Å².